The Kier molecular flexibility index (Phi) is 4.86. The number of nitrogens with zero attached hydrogens (tertiary/aromatic N) is 1. The van der Waals surface area contributed by atoms with Crippen LogP contribution in [0.2, 0.25) is 0 Å². The molecule has 2 aromatic carbocycles. The maximum Gasteiger partial charge on any atom is 0.257 e. The molecular formula is C19H20N2O3S2. The van der Waals surface area contributed by atoms with Crippen molar-refractivity contribution in [3.8, 4) is 0 Å². The maximum atomic E-state index is 12.6. The first-order valence-electron chi connectivity index (χ1n) is 8.21. The van der Waals surface area contributed by atoms with Gasteiger partial charge in [0.05, 0.1) is 20.4 Å². The molecule has 0 saturated heterocycles. The Morgan fingerprint density at radius 2 is 1.88 bits per heavy atom. The van der Waals surface area contributed by atoms with Crippen LogP contribution in [0.4, 0.5) is 5.13 Å². The topological polar surface area (TPSA) is 76.1 Å². The van der Waals surface area contributed by atoms with E-state index < -0.39 is 15.1 Å². The van der Waals surface area contributed by atoms with Gasteiger partial charge in [0.25, 0.3) is 5.91 Å². The molecule has 7 heteroatoms. The summed E-state index contributed by atoms with van der Waals surface area (Å²) in [4.78, 5) is 17.2. The Morgan fingerprint density at radius 1 is 1.15 bits per heavy atom. The first-order valence-corrected chi connectivity index (χ1v) is 10.6. The molecule has 0 unspecified atom stereocenters. The molecule has 0 spiro atoms. The maximum absolute atomic E-state index is 12.6. The second-order valence-corrected chi connectivity index (χ2v) is 10.0. The Labute approximate surface area is 157 Å². The number of carbonyl (C=O) groups excluding carboxylic acids is 1. The standard InChI is InChI=1S/C19H20N2O3S2/c1-11(2)26(23,24)15-7-5-6-14(10-15)18(22)21-19-20-16-9-12(3)8-13(4)17(16)25-19/h5-11H,1-4H3,(H,20,21,22). The SMILES string of the molecule is Cc1cc(C)c2sc(NC(=O)c3cccc(S(=O)(=O)C(C)C)c3)nc2c1. The summed E-state index contributed by atoms with van der Waals surface area (Å²) in [6, 6.07) is 10.1. The molecule has 3 rings (SSSR count). The number of fused-ring (bicyclic) bond motifs is 1. The van der Waals surface area contributed by atoms with Crippen molar-refractivity contribution in [2.24, 2.45) is 0 Å². The van der Waals surface area contributed by atoms with Crippen molar-refractivity contribution in [1.29, 1.82) is 0 Å². The van der Waals surface area contributed by atoms with Gasteiger partial charge in [0.2, 0.25) is 0 Å². The van der Waals surface area contributed by atoms with Crippen molar-refractivity contribution in [1.82, 2.24) is 4.98 Å². The fourth-order valence-corrected chi connectivity index (χ4v) is 4.70. The van der Waals surface area contributed by atoms with Crippen LogP contribution in [0.5, 0.6) is 0 Å². The molecule has 0 saturated carbocycles. The molecule has 0 atom stereocenters. The van der Waals surface area contributed by atoms with Gasteiger partial charge in [-0.25, -0.2) is 13.4 Å². The molecule has 136 valence electrons. The van der Waals surface area contributed by atoms with Crippen LogP contribution in [0.1, 0.15) is 35.3 Å². The number of carbonyl (C=O) groups is 1. The van der Waals surface area contributed by atoms with Gasteiger partial charge in [0, 0.05) is 5.56 Å². The van der Waals surface area contributed by atoms with Crippen molar-refractivity contribution in [2.75, 3.05) is 5.32 Å². The lowest BCUT2D eigenvalue weighted by Crippen LogP contribution is -2.16. The van der Waals surface area contributed by atoms with E-state index in [9.17, 15) is 13.2 Å². The van der Waals surface area contributed by atoms with Crippen molar-refractivity contribution in [3.63, 3.8) is 0 Å². The van der Waals surface area contributed by atoms with Gasteiger partial charge in [-0.1, -0.05) is 23.5 Å². The molecule has 5 nitrogen and oxygen atoms in total. The predicted molar refractivity (Wildman–Crippen MR) is 106 cm³/mol. The van der Waals surface area contributed by atoms with Crippen LogP contribution >= 0.6 is 11.3 Å². The van der Waals surface area contributed by atoms with Gasteiger partial charge in [-0.05, 0) is 63.1 Å². The number of thiazole rings is 1. The average Bonchev–Trinajstić information content (AvgIpc) is 2.97. The molecule has 1 heterocycles. The number of aryl methyl sites for hydroxylation is 2. The van der Waals surface area contributed by atoms with E-state index in [-0.39, 0.29) is 10.8 Å². The first kappa shape index (κ1) is 18.5. The van der Waals surface area contributed by atoms with Crippen LogP contribution in [0.15, 0.2) is 41.3 Å². The number of nitrogens with one attached hydrogen (secondary N) is 1. The number of sulfone groups is 1. The molecular weight excluding hydrogens is 368 g/mol. The van der Waals surface area contributed by atoms with E-state index >= 15 is 0 Å². The third kappa shape index (κ3) is 3.50. The van der Waals surface area contributed by atoms with Gasteiger partial charge in [-0.3, -0.25) is 10.1 Å². The summed E-state index contributed by atoms with van der Waals surface area (Å²) in [7, 11) is -3.43. The number of rotatable bonds is 4. The third-order valence-corrected chi connectivity index (χ3v) is 7.36. The van der Waals surface area contributed by atoms with Crippen LogP contribution in [0, 0.1) is 13.8 Å². The predicted octanol–water partition coefficient (Wildman–Crippen LogP) is 4.35. The number of benzene rings is 2. The zero-order valence-corrected chi connectivity index (χ0v) is 16.7. The second-order valence-electron chi connectivity index (χ2n) is 6.52. The zero-order valence-electron chi connectivity index (χ0n) is 15.0. The van der Waals surface area contributed by atoms with Crippen LogP contribution in [-0.2, 0) is 9.84 Å². The summed E-state index contributed by atoms with van der Waals surface area (Å²) in [5.41, 5.74) is 3.37. The fraction of sp³-hybridized carbons (Fsp3) is 0.263. The highest BCUT2D eigenvalue weighted by Crippen LogP contribution is 2.30. The number of aromatic nitrogens is 1. The Hall–Kier alpha value is -2.25. The summed E-state index contributed by atoms with van der Waals surface area (Å²) in [6.45, 7) is 7.26. The van der Waals surface area contributed by atoms with Gasteiger partial charge < -0.3 is 0 Å². The lowest BCUT2D eigenvalue weighted by molar-refractivity contribution is 0.102. The number of hydrogen-bond acceptors (Lipinski definition) is 5. The van der Waals surface area contributed by atoms with Crippen molar-refractivity contribution in [3.05, 3.63) is 53.1 Å². The van der Waals surface area contributed by atoms with E-state index in [0.29, 0.717) is 10.7 Å². The Balaban J connectivity index is 1.90. The highest BCUT2D eigenvalue weighted by molar-refractivity contribution is 7.92. The Morgan fingerprint density at radius 3 is 2.58 bits per heavy atom. The minimum Gasteiger partial charge on any atom is -0.298 e. The van der Waals surface area contributed by atoms with E-state index in [1.807, 2.05) is 19.9 Å². The summed E-state index contributed by atoms with van der Waals surface area (Å²) in [6.07, 6.45) is 0. The largest absolute Gasteiger partial charge is 0.298 e. The highest BCUT2D eigenvalue weighted by atomic mass is 32.2. The fourth-order valence-electron chi connectivity index (χ4n) is 2.69. The second kappa shape index (κ2) is 6.81. The average molecular weight is 389 g/mol. The monoisotopic (exact) mass is 388 g/mol. The highest BCUT2D eigenvalue weighted by Gasteiger charge is 2.20. The minimum absolute atomic E-state index is 0.149. The van der Waals surface area contributed by atoms with Gasteiger partial charge in [-0.2, -0.15) is 0 Å². The van der Waals surface area contributed by atoms with E-state index in [1.165, 1.54) is 23.5 Å². The van der Waals surface area contributed by atoms with Crippen LogP contribution in [0.3, 0.4) is 0 Å². The third-order valence-electron chi connectivity index (χ3n) is 4.09. The normalized spacial score (nSPS) is 11.9. The van der Waals surface area contributed by atoms with Crippen LogP contribution in [-0.4, -0.2) is 24.6 Å². The summed E-state index contributed by atoms with van der Waals surface area (Å²) in [5, 5.41) is 2.73. The number of hydrogen-bond donors (Lipinski definition) is 1. The van der Waals surface area contributed by atoms with Crippen LogP contribution in [0.25, 0.3) is 10.2 Å². The molecule has 1 aromatic heterocycles. The van der Waals surface area contributed by atoms with E-state index in [2.05, 4.69) is 16.4 Å². The van der Waals surface area contributed by atoms with Gasteiger partial charge in [0.15, 0.2) is 15.0 Å². The summed E-state index contributed by atoms with van der Waals surface area (Å²) < 4.78 is 25.6. The molecule has 1 amide bonds. The molecule has 1 N–H and O–H groups in total. The van der Waals surface area contributed by atoms with Crippen LogP contribution < -0.4 is 5.32 Å². The van der Waals surface area contributed by atoms with Gasteiger partial charge in [0.1, 0.15) is 0 Å². The summed E-state index contributed by atoms with van der Waals surface area (Å²) >= 11 is 1.41. The summed E-state index contributed by atoms with van der Waals surface area (Å²) in [5.74, 6) is -0.376. The molecule has 0 aliphatic rings. The molecule has 26 heavy (non-hydrogen) atoms. The van der Waals surface area contributed by atoms with Gasteiger partial charge in [-0.15, -0.1) is 0 Å². The number of anilines is 1. The lowest BCUT2D eigenvalue weighted by atomic mass is 10.1. The van der Waals surface area contributed by atoms with E-state index in [1.54, 1.807) is 26.0 Å². The molecule has 0 bridgehead atoms. The molecule has 0 aliphatic heterocycles. The van der Waals surface area contributed by atoms with E-state index in [4.69, 9.17) is 0 Å². The zero-order chi connectivity index (χ0) is 19.1. The minimum atomic E-state index is -3.43. The lowest BCUT2D eigenvalue weighted by Gasteiger charge is -2.09. The van der Waals surface area contributed by atoms with Crippen molar-refractivity contribution in [2.45, 2.75) is 37.8 Å². The molecule has 3 aromatic rings. The smallest absolute Gasteiger partial charge is 0.257 e. The van der Waals surface area contributed by atoms with Crippen molar-refractivity contribution >= 4 is 42.4 Å². The number of amides is 1. The first-order chi connectivity index (χ1) is 12.2. The van der Waals surface area contributed by atoms with Crippen molar-refractivity contribution < 1.29 is 13.2 Å². The molecule has 0 aliphatic carbocycles. The van der Waals surface area contributed by atoms with E-state index in [0.717, 1.165) is 21.3 Å². The quantitative estimate of drug-likeness (QED) is 0.721. The Bertz CT molecular complexity index is 1100. The molecule has 0 radical (unpaired) electrons. The van der Waals surface area contributed by atoms with Gasteiger partial charge >= 0.3 is 0 Å². The molecule has 0 fully saturated rings.